The molecule has 4 unspecified atom stereocenters. The van der Waals surface area contributed by atoms with Crippen LogP contribution in [0.1, 0.15) is 6.92 Å². The first-order chi connectivity index (χ1) is 11.5. The first-order valence-corrected chi connectivity index (χ1v) is 8.22. The molecule has 7 rings (SSSR count). The summed E-state index contributed by atoms with van der Waals surface area (Å²) in [6.45, 7) is 2.41. The molecule has 1 aromatic carbocycles. The lowest BCUT2D eigenvalue weighted by molar-refractivity contribution is -0.440. The predicted molar refractivity (Wildman–Crippen MR) is 83.3 cm³/mol. The van der Waals surface area contributed by atoms with E-state index >= 15 is 0 Å². The summed E-state index contributed by atoms with van der Waals surface area (Å²) in [4.78, 5) is 20.7. The third kappa shape index (κ3) is 1.00. The highest BCUT2D eigenvalue weighted by molar-refractivity contribution is 6.00. The third-order valence-electron chi connectivity index (χ3n) is 7.79. The van der Waals surface area contributed by atoms with Crippen LogP contribution >= 0.6 is 0 Å². The van der Waals surface area contributed by atoms with E-state index in [1.54, 1.807) is 0 Å². The van der Waals surface area contributed by atoms with Gasteiger partial charge in [-0.25, -0.2) is 0 Å². The highest BCUT2D eigenvalue weighted by atomic mass is 16.6. The van der Waals surface area contributed by atoms with Crippen LogP contribution < -0.4 is 5.43 Å². The molecule has 0 saturated heterocycles. The molecular weight excluding hydrogens is 312 g/mol. The van der Waals surface area contributed by atoms with E-state index in [0.29, 0.717) is 17.3 Å². The Balaban J connectivity index is 1.32. The van der Waals surface area contributed by atoms with Crippen LogP contribution in [0.5, 0.6) is 0 Å². The van der Waals surface area contributed by atoms with Gasteiger partial charge in [-0.2, -0.15) is 5.10 Å². The van der Waals surface area contributed by atoms with Crippen molar-refractivity contribution in [3.8, 4) is 0 Å². The van der Waals surface area contributed by atoms with Crippen LogP contribution in [0.15, 0.2) is 23.3 Å². The van der Waals surface area contributed by atoms with E-state index in [1.807, 2.05) is 0 Å². The van der Waals surface area contributed by atoms with Crippen molar-refractivity contribution in [3.63, 3.8) is 0 Å². The Hall–Kier alpha value is -2.51. The molecule has 0 aliphatic heterocycles. The number of rotatable bonds is 4. The Morgan fingerprint density at radius 1 is 1.08 bits per heavy atom. The number of hydrogen-bond acceptors (Lipinski definition) is 6. The van der Waals surface area contributed by atoms with Gasteiger partial charge in [0.25, 0.3) is 5.69 Å². The quantitative estimate of drug-likeness (QED) is 0.675. The maximum Gasteiger partial charge on any atom is 0.301 e. The summed E-state index contributed by atoms with van der Waals surface area (Å²) in [5.41, 5.74) is 4.21. The van der Waals surface area contributed by atoms with E-state index in [9.17, 15) is 20.2 Å². The molecule has 0 aromatic heterocycles. The van der Waals surface area contributed by atoms with Crippen molar-refractivity contribution in [2.45, 2.75) is 6.92 Å². The molecule has 0 amide bonds. The summed E-state index contributed by atoms with van der Waals surface area (Å²) in [5.74, 6) is 5.26. The van der Waals surface area contributed by atoms with Crippen LogP contribution in [-0.4, -0.2) is 15.6 Å². The predicted octanol–water partition coefficient (Wildman–Crippen LogP) is 2.66. The topological polar surface area (TPSA) is 111 Å². The zero-order valence-corrected chi connectivity index (χ0v) is 12.7. The van der Waals surface area contributed by atoms with E-state index in [1.165, 1.54) is 17.8 Å². The average Bonchev–Trinajstić information content (AvgIpc) is 2.75. The molecule has 6 aliphatic rings. The summed E-state index contributed by atoms with van der Waals surface area (Å²) in [6, 6.07) is 3.61. The van der Waals surface area contributed by atoms with Crippen LogP contribution in [-0.2, 0) is 0 Å². The average molecular weight is 326 g/mol. The Labute approximate surface area is 136 Å². The largest absolute Gasteiger partial charge is 0.301 e. The highest BCUT2D eigenvalue weighted by Gasteiger charge is 2.98. The minimum atomic E-state index is -0.635. The van der Waals surface area contributed by atoms with Crippen molar-refractivity contribution in [2.75, 3.05) is 5.43 Å². The zero-order chi connectivity index (χ0) is 16.5. The van der Waals surface area contributed by atoms with Crippen molar-refractivity contribution in [1.82, 2.24) is 0 Å². The Morgan fingerprint density at radius 3 is 2.38 bits per heavy atom. The minimum Gasteiger partial charge on any atom is -0.272 e. The second-order valence-electron chi connectivity index (χ2n) is 8.01. The molecule has 8 heteroatoms. The zero-order valence-electron chi connectivity index (χ0n) is 12.7. The molecule has 1 N–H and O–H groups in total. The molecule has 6 fully saturated rings. The maximum absolute atomic E-state index is 11.2. The number of nitrogens with zero attached hydrogens (tertiary/aromatic N) is 3. The van der Waals surface area contributed by atoms with Crippen molar-refractivity contribution in [2.24, 2.45) is 51.9 Å². The number of hydrogen-bond donors (Lipinski definition) is 1. The molecule has 2 bridgehead atoms. The summed E-state index contributed by atoms with van der Waals surface area (Å²) in [6.07, 6.45) is 0. The smallest absolute Gasteiger partial charge is 0.272 e. The molecule has 0 radical (unpaired) electrons. The van der Waals surface area contributed by atoms with E-state index in [2.05, 4.69) is 17.5 Å². The van der Waals surface area contributed by atoms with Gasteiger partial charge in [0.15, 0.2) is 0 Å². The third-order valence-corrected chi connectivity index (χ3v) is 7.79. The van der Waals surface area contributed by atoms with Crippen molar-refractivity contribution < 1.29 is 9.85 Å². The van der Waals surface area contributed by atoms with E-state index in [4.69, 9.17) is 0 Å². The number of nitrogens with one attached hydrogen (secondary N) is 1. The van der Waals surface area contributed by atoms with Crippen LogP contribution in [0.4, 0.5) is 17.1 Å². The monoisotopic (exact) mass is 326 g/mol. The lowest BCUT2D eigenvalue weighted by Crippen LogP contribution is -2.87. The van der Waals surface area contributed by atoms with Crippen LogP contribution in [0.25, 0.3) is 0 Å². The molecule has 0 spiro atoms. The SMILES string of the molecule is CC12C3C4/C(=N\Nc5ccc([N+](=O)[O-])cc5[N+](=O)[O-])C5C3C1C5C42. The van der Waals surface area contributed by atoms with Crippen molar-refractivity contribution in [1.29, 1.82) is 0 Å². The van der Waals surface area contributed by atoms with Crippen LogP contribution in [0, 0.1) is 67.1 Å². The normalized spacial score (nSPS) is 48.7. The molecule has 6 aliphatic carbocycles. The Bertz CT molecular complexity index is 876. The fourth-order valence-electron chi connectivity index (χ4n) is 7.29. The number of hydrazone groups is 1. The lowest BCUT2D eigenvalue weighted by atomic mass is 9.14. The molecule has 6 saturated carbocycles. The first kappa shape index (κ1) is 12.9. The Kier molecular flexibility index (Phi) is 1.85. The summed E-state index contributed by atoms with van der Waals surface area (Å²) >= 11 is 0. The molecular formula is C16H14N4O4. The minimum absolute atomic E-state index is 0.213. The van der Waals surface area contributed by atoms with Gasteiger partial charge in [-0.3, -0.25) is 25.7 Å². The second-order valence-corrected chi connectivity index (χ2v) is 8.01. The van der Waals surface area contributed by atoms with Crippen molar-refractivity contribution in [3.05, 3.63) is 38.4 Å². The second kappa shape index (κ2) is 3.45. The summed E-state index contributed by atoms with van der Waals surface area (Å²) in [7, 11) is 0. The molecule has 122 valence electrons. The van der Waals surface area contributed by atoms with Gasteiger partial charge in [0.05, 0.1) is 15.9 Å². The fraction of sp³-hybridized carbons (Fsp3) is 0.562. The molecule has 8 nitrogen and oxygen atoms in total. The number of non-ortho nitro benzene ring substituents is 1. The van der Waals surface area contributed by atoms with Gasteiger partial charge < -0.3 is 0 Å². The van der Waals surface area contributed by atoms with Gasteiger partial charge in [-0.15, -0.1) is 0 Å². The van der Waals surface area contributed by atoms with E-state index < -0.39 is 9.85 Å². The fourth-order valence-corrected chi connectivity index (χ4v) is 7.29. The van der Waals surface area contributed by atoms with Crippen LogP contribution in [0.2, 0.25) is 0 Å². The number of nitro benzene ring substituents is 2. The summed E-state index contributed by atoms with van der Waals surface area (Å²) < 4.78 is 0. The van der Waals surface area contributed by atoms with Gasteiger partial charge in [-0.05, 0) is 41.1 Å². The standard InChI is InChI=1S/C16H14N4O4/c1-16-12-9-8-10(12)14(16)11(13(9)16)15(8)18-17-6-3-2-5(19(21)22)4-7(6)20(23)24/h2-4,8-14,17H,1H3/b18-15-. The van der Waals surface area contributed by atoms with Gasteiger partial charge in [0.2, 0.25) is 0 Å². The number of anilines is 1. The number of nitro groups is 2. The van der Waals surface area contributed by atoms with E-state index in [-0.39, 0.29) is 17.1 Å². The Morgan fingerprint density at radius 2 is 1.79 bits per heavy atom. The van der Waals surface area contributed by atoms with Gasteiger partial charge in [0.1, 0.15) is 5.69 Å². The first-order valence-electron chi connectivity index (χ1n) is 8.22. The van der Waals surface area contributed by atoms with E-state index in [0.717, 1.165) is 35.7 Å². The van der Waals surface area contributed by atoms with Gasteiger partial charge in [0, 0.05) is 23.6 Å². The summed E-state index contributed by atoms with van der Waals surface area (Å²) in [5, 5.41) is 26.5. The van der Waals surface area contributed by atoms with Gasteiger partial charge in [-0.1, -0.05) is 6.92 Å². The lowest BCUT2D eigenvalue weighted by Gasteiger charge is -2.90. The molecule has 4 atom stereocenters. The van der Waals surface area contributed by atoms with Crippen molar-refractivity contribution >= 4 is 22.8 Å². The highest BCUT2D eigenvalue weighted by Crippen LogP contribution is 2.98. The molecule has 1 aromatic rings. The number of benzene rings is 1. The van der Waals surface area contributed by atoms with Gasteiger partial charge >= 0.3 is 5.69 Å². The molecule has 0 heterocycles. The molecule has 24 heavy (non-hydrogen) atoms. The maximum atomic E-state index is 11.2. The van der Waals surface area contributed by atoms with Crippen LogP contribution in [0.3, 0.4) is 0 Å².